The number of likely N-dealkylation sites (N-methyl/N-ethyl adjacent to an activating group) is 1. The molecule has 0 aromatic carbocycles. The molecule has 0 aromatic heterocycles. The predicted octanol–water partition coefficient (Wildman–Crippen LogP) is -3.56. The minimum Gasteiger partial charge on any atom is -0.735 e. The van der Waals surface area contributed by atoms with E-state index in [2.05, 4.69) is 10.0 Å². The van der Waals surface area contributed by atoms with Crippen LogP contribution in [-0.4, -0.2) is 48.1 Å². The summed E-state index contributed by atoms with van der Waals surface area (Å²) in [5, 5.41) is 12.2. The Morgan fingerprint density at radius 1 is 1.67 bits per heavy atom. The van der Waals surface area contributed by atoms with Crippen LogP contribution in [0.15, 0.2) is 5.11 Å². The third-order valence-corrected chi connectivity index (χ3v) is 2.48. The first kappa shape index (κ1) is 18.1. The molecule has 1 atom stereocenters. The summed E-state index contributed by atoms with van der Waals surface area (Å²) in [5.74, 6) is 0. The van der Waals surface area contributed by atoms with Gasteiger partial charge in [-0.15, -0.1) is 0 Å². The SMILES string of the molecule is CCN(CC(O)CN=[N+]=[N-])S(=O)(=O)[O-].[K+]. The molecule has 1 N–H and O–H groups in total. The molecule has 0 heterocycles. The Bertz CT molecular complexity index is 315. The molecule has 0 spiro atoms. The summed E-state index contributed by atoms with van der Waals surface area (Å²) >= 11 is 0. The van der Waals surface area contributed by atoms with E-state index in [-0.39, 0.29) is 71.0 Å². The van der Waals surface area contributed by atoms with E-state index in [1.165, 1.54) is 6.92 Å². The number of hydrogen-bond acceptors (Lipinski definition) is 5. The molecular formula is C5H11KN4O4S. The van der Waals surface area contributed by atoms with Crippen molar-refractivity contribution in [1.82, 2.24) is 4.31 Å². The molecule has 0 saturated carbocycles. The van der Waals surface area contributed by atoms with Crippen LogP contribution in [0.25, 0.3) is 10.4 Å². The van der Waals surface area contributed by atoms with Gasteiger partial charge in [-0.05, 0) is 5.53 Å². The third kappa shape index (κ3) is 8.57. The zero-order valence-electron chi connectivity index (χ0n) is 8.57. The van der Waals surface area contributed by atoms with E-state index < -0.39 is 16.4 Å². The van der Waals surface area contributed by atoms with Crippen molar-refractivity contribution < 1.29 is 69.5 Å². The summed E-state index contributed by atoms with van der Waals surface area (Å²) in [7, 11) is -4.55. The topological polar surface area (TPSA) is 129 Å². The molecule has 82 valence electrons. The van der Waals surface area contributed by atoms with E-state index in [1.807, 2.05) is 0 Å². The molecule has 15 heavy (non-hydrogen) atoms. The minimum absolute atomic E-state index is 0. The van der Waals surface area contributed by atoms with E-state index in [4.69, 9.17) is 10.6 Å². The van der Waals surface area contributed by atoms with Gasteiger partial charge in [0.1, 0.15) is 0 Å². The molecule has 0 bridgehead atoms. The van der Waals surface area contributed by atoms with Crippen molar-refractivity contribution in [3.63, 3.8) is 0 Å². The summed E-state index contributed by atoms with van der Waals surface area (Å²) in [6.45, 7) is 0.818. The van der Waals surface area contributed by atoms with Gasteiger partial charge in [0.25, 0.3) is 0 Å². The molecule has 0 amide bonds. The van der Waals surface area contributed by atoms with E-state index in [0.29, 0.717) is 4.31 Å². The van der Waals surface area contributed by atoms with Crippen molar-refractivity contribution in [2.45, 2.75) is 13.0 Å². The average Bonchev–Trinajstić information content (AvgIpc) is 2.08. The van der Waals surface area contributed by atoms with E-state index >= 15 is 0 Å². The molecule has 8 nitrogen and oxygen atoms in total. The summed E-state index contributed by atoms with van der Waals surface area (Å²) < 4.78 is 32.1. The molecule has 0 aliphatic heterocycles. The van der Waals surface area contributed by atoms with Crippen molar-refractivity contribution in [2.24, 2.45) is 5.11 Å². The van der Waals surface area contributed by atoms with Gasteiger partial charge in [-0.3, -0.25) is 0 Å². The molecule has 0 aromatic rings. The van der Waals surface area contributed by atoms with Crippen molar-refractivity contribution in [1.29, 1.82) is 0 Å². The smallest absolute Gasteiger partial charge is 0.735 e. The Morgan fingerprint density at radius 3 is 2.53 bits per heavy atom. The van der Waals surface area contributed by atoms with Crippen LogP contribution in [0.4, 0.5) is 0 Å². The zero-order valence-corrected chi connectivity index (χ0v) is 12.5. The van der Waals surface area contributed by atoms with Gasteiger partial charge in [-0.1, -0.05) is 12.0 Å². The summed E-state index contributed by atoms with van der Waals surface area (Å²) in [6.07, 6.45) is -1.16. The second-order valence-electron chi connectivity index (χ2n) is 2.48. The van der Waals surface area contributed by atoms with Gasteiger partial charge in [-0.2, -0.15) is 0 Å². The van der Waals surface area contributed by atoms with Crippen LogP contribution >= 0.6 is 0 Å². The van der Waals surface area contributed by atoms with Gasteiger partial charge >= 0.3 is 51.4 Å². The van der Waals surface area contributed by atoms with Gasteiger partial charge in [0, 0.05) is 18.0 Å². The first-order valence-corrected chi connectivity index (χ1v) is 5.18. The monoisotopic (exact) mass is 262 g/mol. The fraction of sp³-hybridized carbons (Fsp3) is 1.00. The van der Waals surface area contributed by atoms with Crippen molar-refractivity contribution in [3.05, 3.63) is 10.4 Å². The molecule has 0 fully saturated rings. The van der Waals surface area contributed by atoms with E-state index in [0.717, 1.165) is 0 Å². The standard InChI is InChI=1S/C5H12N4O4S.K/c1-2-9(14(11,12)13)4-5(10)3-7-8-6;/h5,10H,2-4H2,1H3,(H,11,12,13);/q;+1/p-1. The maximum absolute atomic E-state index is 10.5. The Hall–Kier alpha value is 0.776. The fourth-order valence-corrected chi connectivity index (χ4v) is 1.47. The van der Waals surface area contributed by atoms with Crippen LogP contribution in [0, 0.1) is 0 Å². The van der Waals surface area contributed by atoms with Gasteiger partial charge in [-0.25, -0.2) is 12.7 Å². The second-order valence-corrected chi connectivity index (χ2v) is 3.85. The minimum atomic E-state index is -4.55. The number of aliphatic hydroxyl groups excluding tert-OH is 1. The Kier molecular flexibility index (Phi) is 10.7. The van der Waals surface area contributed by atoms with Crippen LogP contribution in [0.5, 0.6) is 0 Å². The van der Waals surface area contributed by atoms with Crippen LogP contribution in [0.3, 0.4) is 0 Å². The predicted molar refractivity (Wildman–Crippen MR) is 47.0 cm³/mol. The average molecular weight is 262 g/mol. The van der Waals surface area contributed by atoms with Gasteiger partial charge in [0.05, 0.1) is 12.6 Å². The number of azide groups is 1. The molecule has 0 aliphatic carbocycles. The summed E-state index contributed by atoms with van der Waals surface area (Å²) in [4.78, 5) is 2.39. The first-order chi connectivity index (χ1) is 6.41. The van der Waals surface area contributed by atoms with Crippen LogP contribution in [-0.2, 0) is 10.3 Å². The molecule has 0 rings (SSSR count). The summed E-state index contributed by atoms with van der Waals surface area (Å²) in [6, 6.07) is 0. The Labute approximate surface area is 131 Å². The number of aliphatic hydroxyl groups is 1. The molecule has 0 radical (unpaired) electrons. The van der Waals surface area contributed by atoms with Crippen molar-refractivity contribution in [3.8, 4) is 0 Å². The van der Waals surface area contributed by atoms with Crippen molar-refractivity contribution in [2.75, 3.05) is 19.6 Å². The van der Waals surface area contributed by atoms with Crippen LogP contribution < -0.4 is 51.4 Å². The fourth-order valence-electron chi connectivity index (χ4n) is 0.802. The molecule has 10 heteroatoms. The Balaban J connectivity index is 0. The molecule has 0 saturated heterocycles. The zero-order chi connectivity index (χ0) is 11.2. The largest absolute Gasteiger partial charge is 1.00 e. The third-order valence-electron chi connectivity index (χ3n) is 1.44. The van der Waals surface area contributed by atoms with E-state index in [9.17, 15) is 13.0 Å². The maximum atomic E-state index is 10.5. The van der Waals surface area contributed by atoms with Gasteiger partial charge in [0.15, 0.2) is 10.3 Å². The summed E-state index contributed by atoms with van der Waals surface area (Å²) in [5.41, 5.74) is 7.92. The molecule has 0 aliphatic rings. The normalized spacial score (nSPS) is 12.8. The van der Waals surface area contributed by atoms with E-state index in [1.54, 1.807) is 0 Å². The van der Waals surface area contributed by atoms with Crippen LogP contribution in [0.1, 0.15) is 6.92 Å². The Morgan fingerprint density at radius 2 is 2.20 bits per heavy atom. The first-order valence-electron chi connectivity index (χ1n) is 3.81. The van der Waals surface area contributed by atoms with Crippen LogP contribution in [0.2, 0.25) is 0 Å². The maximum Gasteiger partial charge on any atom is 1.00 e. The number of rotatable bonds is 6. The van der Waals surface area contributed by atoms with Gasteiger partial charge < -0.3 is 9.66 Å². The molecule has 1 unspecified atom stereocenters. The second kappa shape index (κ2) is 8.87. The number of nitrogens with zero attached hydrogens (tertiary/aromatic N) is 4. The molecular weight excluding hydrogens is 251 g/mol. The van der Waals surface area contributed by atoms with Gasteiger partial charge in [0.2, 0.25) is 0 Å². The van der Waals surface area contributed by atoms with Crippen molar-refractivity contribution >= 4 is 10.3 Å². The number of hydrogen-bond donors (Lipinski definition) is 1. The quantitative estimate of drug-likeness (QED) is 0.174.